The van der Waals surface area contributed by atoms with E-state index in [9.17, 15) is 31.9 Å². The van der Waals surface area contributed by atoms with Crippen LogP contribution < -0.4 is 4.74 Å². The van der Waals surface area contributed by atoms with Crippen molar-refractivity contribution in [3.63, 3.8) is 0 Å². The third kappa shape index (κ3) is 3.93. The minimum absolute atomic E-state index is 0.483. The number of rotatable bonds is 4. The van der Waals surface area contributed by atoms with Crippen molar-refractivity contribution in [1.82, 2.24) is 4.98 Å². The first-order valence-corrected chi connectivity index (χ1v) is 4.58. The molecule has 0 bridgehead atoms. The Balaban J connectivity index is 3.32. The van der Waals surface area contributed by atoms with Gasteiger partial charge in [0.05, 0.1) is 6.42 Å². The second-order valence-corrected chi connectivity index (χ2v) is 3.27. The Morgan fingerprint density at radius 2 is 2.00 bits per heavy atom. The first-order chi connectivity index (χ1) is 8.61. The number of halogens is 5. The molecule has 1 aromatic rings. The number of hydrogen-bond acceptors (Lipinski definition) is 4. The third-order valence-electron chi connectivity index (χ3n) is 1.87. The number of hydrogen-bond donors (Lipinski definition) is 2. The SMILES string of the molecule is O=C(O)Cc1cnc(C(F)F)c(O)c1OC(F)(F)F. The lowest BCUT2D eigenvalue weighted by Gasteiger charge is -2.15. The highest BCUT2D eigenvalue weighted by Crippen LogP contribution is 2.39. The van der Waals surface area contributed by atoms with E-state index in [2.05, 4.69) is 9.72 Å². The van der Waals surface area contributed by atoms with Crippen LogP contribution in [-0.4, -0.2) is 27.5 Å². The van der Waals surface area contributed by atoms with Crippen molar-refractivity contribution in [3.8, 4) is 11.5 Å². The first-order valence-electron chi connectivity index (χ1n) is 4.58. The molecule has 0 aliphatic carbocycles. The van der Waals surface area contributed by atoms with Gasteiger partial charge in [-0.3, -0.25) is 9.78 Å². The Kier molecular flexibility index (Phi) is 4.12. The number of aliphatic carboxylic acids is 1. The van der Waals surface area contributed by atoms with Gasteiger partial charge in [0.2, 0.25) is 0 Å². The Hall–Kier alpha value is -2.13. The van der Waals surface area contributed by atoms with Gasteiger partial charge < -0.3 is 14.9 Å². The van der Waals surface area contributed by atoms with Crippen LogP contribution in [0.3, 0.4) is 0 Å². The molecular formula is C9H6F5NO4. The van der Waals surface area contributed by atoms with Crippen molar-refractivity contribution in [2.24, 2.45) is 0 Å². The van der Waals surface area contributed by atoms with E-state index in [1.165, 1.54) is 0 Å². The summed E-state index contributed by atoms with van der Waals surface area (Å²) in [7, 11) is 0. The molecule has 19 heavy (non-hydrogen) atoms. The molecule has 0 aliphatic rings. The topological polar surface area (TPSA) is 79.7 Å². The fraction of sp³-hybridized carbons (Fsp3) is 0.333. The minimum atomic E-state index is -5.27. The smallest absolute Gasteiger partial charge is 0.503 e. The number of alkyl halides is 5. The zero-order valence-corrected chi connectivity index (χ0v) is 8.91. The first kappa shape index (κ1) is 14.9. The summed E-state index contributed by atoms with van der Waals surface area (Å²) in [6.45, 7) is 0. The molecule has 0 aromatic carbocycles. The summed E-state index contributed by atoms with van der Waals surface area (Å²) < 4.78 is 64.3. The van der Waals surface area contributed by atoms with Gasteiger partial charge in [-0.1, -0.05) is 0 Å². The van der Waals surface area contributed by atoms with Gasteiger partial charge in [0.15, 0.2) is 17.2 Å². The van der Waals surface area contributed by atoms with Crippen LogP contribution in [0.2, 0.25) is 0 Å². The van der Waals surface area contributed by atoms with E-state index < -0.39 is 47.9 Å². The summed E-state index contributed by atoms with van der Waals surface area (Å²) in [5.41, 5.74) is -2.00. The maximum Gasteiger partial charge on any atom is 0.573 e. The summed E-state index contributed by atoms with van der Waals surface area (Å²) in [6.07, 6.45) is -9.10. The number of pyridine rings is 1. The summed E-state index contributed by atoms with van der Waals surface area (Å²) in [4.78, 5) is 13.4. The normalized spacial score (nSPS) is 11.7. The van der Waals surface area contributed by atoms with E-state index in [4.69, 9.17) is 5.11 Å². The number of aromatic hydroxyl groups is 1. The Morgan fingerprint density at radius 3 is 2.42 bits per heavy atom. The van der Waals surface area contributed by atoms with Crippen LogP contribution in [0.4, 0.5) is 22.0 Å². The number of nitrogens with zero attached hydrogens (tertiary/aromatic N) is 1. The second kappa shape index (κ2) is 5.24. The van der Waals surface area contributed by atoms with Gasteiger partial charge in [0.25, 0.3) is 6.43 Å². The van der Waals surface area contributed by atoms with Crippen molar-refractivity contribution >= 4 is 5.97 Å². The lowest BCUT2D eigenvalue weighted by molar-refractivity contribution is -0.275. The van der Waals surface area contributed by atoms with Crippen LogP contribution in [-0.2, 0) is 11.2 Å². The van der Waals surface area contributed by atoms with E-state index in [0.717, 1.165) is 0 Å². The van der Waals surface area contributed by atoms with Crippen molar-refractivity contribution < 1.29 is 41.7 Å². The highest BCUT2D eigenvalue weighted by Gasteiger charge is 2.35. The van der Waals surface area contributed by atoms with Crippen LogP contribution in [0.15, 0.2) is 6.20 Å². The molecule has 0 radical (unpaired) electrons. The van der Waals surface area contributed by atoms with Gasteiger partial charge in [-0.25, -0.2) is 8.78 Å². The average Bonchev–Trinajstić information content (AvgIpc) is 2.20. The van der Waals surface area contributed by atoms with Crippen molar-refractivity contribution in [3.05, 3.63) is 17.5 Å². The maximum absolute atomic E-state index is 12.4. The molecule has 1 rings (SSSR count). The van der Waals surface area contributed by atoms with Crippen molar-refractivity contribution in [2.45, 2.75) is 19.2 Å². The summed E-state index contributed by atoms with van der Waals surface area (Å²) in [5, 5.41) is 17.7. The molecule has 0 amide bonds. The van der Waals surface area contributed by atoms with E-state index in [1.807, 2.05) is 0 Å². The van der Waals surface area contributed by atoms with Crippen LogP contribution >= 0.6 is 0 Å². The monoisotopic (exact) mass is 287 g/mol. The van der Waals surface area contributed by atoms with Crippen LogP contribution in [0, 0.1) is 0 Å². The molecule has 10 heteroatoms. The van der Waals surface area contributed by atoms with Gasteiger partial charge in [-0.2, -0.15) is 0 Å². The molecule has 2 N–H and O–H groups in total. The standard InChI is InChI=1S/C9H6F5NO4/c10-8(11)5-6(18)7(19-9(12,13)14)3(2-15-5)1-4(16)17/h2,8,18H,1H2,(H,16,17). The highest BCUT2D eigenvalue weighted by molar-refractivity contribution is 5.72. The lowest BCUT2D eigenvalue weighted by atomic mass is 10.1. The quantitative estimate of drug-likeness (QED) is 0.830. The highest BCUT2D eigenvalue weighted by atomic mass is 19.4. The van der Waals surface area contributed by atoms with Crippen LogP contribution in [0.1, 0.15) is 17.7 Å². The Bertz CT molecular complexity index is 488. The summed E-state index contributed by atoms with van der Waals surface area (Å²) in [5.74, 6) is -4.47. The molecule has 0 saturated heterocycles. The molecule has 0 fully saturated rings. The van der Waals surface area contributed by atoms with E-state index >= 15 is 0 Å². The van der Waals surface area contributed by atoms with Gasteiger partial charge in [0.1, 0.15) is 0 Å². The van der Waals surface area contributed by atoms with Gasteiger partial charge in [0, 0.05) is 11.8 Å². The van der Waals surface area contributed by atoms with Crippen LogP contribution in [0.25, 0.3) is 0 Å². The second-order valence-electron chi connectivity index (χ2n) is 3.27. The molecular weight excluding hydrogens is 281 g/mol. The summed E-state index contributed by atoms with van der Waals surface area (Å²) >= 11 is 0. The predicted molar refractivity (Wildman–Crippen MR) is 48.9 cm³/mol. The summed E-state index contributed by atoms with van der Waals surface area (Å²) in [6, 6.07) is 0. The molecule has 0 aliphatic heterocycles. The van der Waals surface area contributed by atoms with Crippen molar-refractivity contribution in [1.29, 1.82) is 0 Å². The van der Waals surface area contributed by atoms with Crippen LogP contribution in [0.5, 0.6) is 11.5 Å². The molecule has 1 heterocycles. The Labute approximate surface area is 102 Å². The number of ether oxygens (including phenoxy) is 1. The maximum atomic E-state index is 12.4. The molecule has 0 spiro atoms. The van der Waals surface area contributed by atoms with Gasteiger partial charge in [-0.05, 0) is 0 Å². The minimum Gasteiger partial charge on any atom is -0.503 e. The molecule has 0 atom stereocenters. The fourth-order valence-corrected chi connectivity index (χ4v) is 1.21. The third-order valence-corrected chi connectivity index (χ3v) is 1.87. The van der Waals surface area contributed by atoms with E-state index in [0.29, 0.717) is 6.20 Å². The van der Waals surface area contributed by atoms with Crippen molar-refractivity contribution in [2.75, 3.05) is 0 Å². The largest absolute Gasteiger partial charge is 0.573 e. The number of aromatic nitrogens is 1. The fourth-order valence-electron chi connectivity index (χ4n) is 1.21. The van der Waals surface area contributed by atoms with Gasteiger partial charge in [-0.15, -0.1) is 13.2 Å². The zero-order valence-electron chi connectivity index (χ0n) is 8.91. The number of carboxylic acid groups (broad SMARTS) is 1. The number of carbonyl (C=O) groups is 1. The number of carboxylic acids is 1. The zero-order chi connectivity index (χ0) is 14.8. The molecule has 0 saturated carbocycles. The Morgan fingerprint density at radius 1 is 1.42 bits per heavy atom. The molecule has 0 unspecified atom stereocenters. The molecule has 106 valence electrons. The molecule has 1 aromatic heterocycles. The van der Waals surface area contributed by atoms with E-state index in [1.54, 1.807) is 0 Å². The lowest BCUT2D eigenvalue weighted by Crippen LogP contribution is -2.19. The molecule has 5 nitrogen and oxygen atoms in total. The van der Waals surface area contributed by atoms with E-state index in [-0.39, 0.29) is 0 Å². The average molecular weight is 287 g/mol. The van der Waals surface area contributed by atoms with Gasteiger partial charge >= 0.3 is 12.3 Å². The predicted octanol–water partition coefficient (Wildman–Crippen LogP) is 2.25.